The van der Waals surface area contributed by atoms with Crippen LogP contribution in [0, 0.1) is 11.6 Å². The van der Waals surface area contributed by atoms with Gasteiger partial charge in [-0.15, -0.1) is 11.6 Å². The van der Waals surface area contributed by atoms with E-state index in [9.17, 15) is 18.4 Å². The van der Waals surface area contributed by atoms with Gasteiger partial charge in [-0.05, 0) is 117 Å². The molecule has 10 rings (SSSR count). The number of anilines is 2. The Bertz CT molecular complexity index is 3190. The second-order valence-electron chi connectivity index (χ2n) is 17.7. The van der Waals surface area contributed by atoms with Crippen molar-refractivity contribution in [3.63, 3.8) is 0 Å². The third-order valence-electron chi connectivity index (χ3n) is 13.0. The van der Waals surface area contributed by atoms with Crippen LogP contribution in [0.5, 0.6) is 0 Å². The summed E-state index contributed by atoms with van der Waals surface area (Å²) in [7, 11) is 0. The number of carbonyl (C=O) groups excluding carboxylic acids is 2. The summed E-state index contributed by atoms with van der Waals surface area (Å²) in [5, 5.41) is 1.17. The van der Waals surface area contributed by atoms with Crippen molar-refractivity contribution in [2.24, 2.45) is 0 Å². The minimum Gasteiger partial charge on any atom is -0.368 e. The normalized spacial score (nSPS) is 12.6. The molecule has 2 aromatic heterocycles. The third-order valence-corrected chi connectivity index (χ3v) is 13.3. The molecule has 6 aromatic carbocycles. The number of benzene rings is 6. The minimum atomic E-state index is -0.358. The van der Waals surface area contributed by atoms with Gasteiger partial charge in [0.25, 0.3) is 11.8 Å². The predicted octanol–water partition coefficient (Wildman–Crippen LogP) is 12.1. The molecule has 14 heteroatoms. The highest BCUT2D eigenvalue weighted by Crippen LogP contribution is 2.34. The van der Waals surface area contributed by atoms with Crippen LogP contribution in [0.25, 0.3) is 44.1 Å². The van der Waals surface area contributed by atoms with Crippen LogP contribution in [0.2, 0.25) is 0 Å². The summed E-state index contributed by atoms with van der Waals surface area (Å²) in [5.41, 5.74) is 22.8. The van der Waals surface area contributed by atoms with Gasteiger partial charge < -0.3 is 21.3 Å². The molecule has 0 saturated heterocycles. The molecule has 4 N–H and O–H groups in total. The van der Waals surface area contributed by atoms with Gasteiger partial charge in [0, 0.05) is 49.4 Å². The van der Waals surface area contributed by atoms with Crippen molar-refractivity contribution in [1.82, 2.24) is 34.6 Å². The summed E-state index contributed by atoms with van der Waals surface area (Å²) in [6.07, 6.45) is 4.08. The molecule has 2 amide bonds. The maximum Gasteiger partial charge on any atom is 0.273 e. The van der Waals surface area contributed by atoms with Crippen LogP contribution >= 0.6 is 11.6 Å². The Labute approximate surface area is 418 Å². The maximum atomic E-state index is 14.3. The van der Waals surface area contributed by atoms with Gasteiger partial charge in [-0.1, -0.05) is 120 Å². The van der Waals surface area contributed by atoms with Crippen molar-refractivity contribution in [2.75, 3.05) is 24.6 Å². The fraction of sp³-hybridized carbons (Fsp3) is 0.263. The molecule has 0 unspecified atom stereocenters. The van der Waals surface area contributed by atoms with Gasteiger partial charge >= 0.3 is 0 Å². The average Bonchev–Trinajstić information content (AvgIpc) is 4.03. The number of amides is 2. The maximum absolute atomic E-state index is 14.3. The van der Waals surface area contributed by atoms with Gasteiger partial charge in [-0.3, -0.25) is 14.5 Å². The first kappa shape index (κ1) is 50.1. The third kappa shape index (κ3) is 11.3. The van der Waals surface area contributed by atoms with E-state index in [2.05, 4.69) is 52.5 Å². The van der Waals surface area contributed by atoms with Crippen molar-refractivity contribution < 1.29 is 18.4 Å². The highest BCUT2D eigenvalue weighted by atomic mass is 35.5. The van der Waals surface area contributed by atoms with E-state index in [-0.39, 0.29) is 52.6 Å². The van der Waals surface area contributed by atoms with E-state index in [4.69, 9.17) is 23.1 Å². The summed E-state index contributed by atoms with van der Waals surface area (Å²) in [6.45, 7) is 13.2. The number of rotatable bonds is 11. The predicted molar refractivity (Wildman–Crippen MR) is 280 cm³/mol. The second-order valence-corrected chi connectivity index (χ2v) is 18.0. The first-order chi connectivity index (χ1) is 34.4. The number of halogens is 3. The van der Waals surface area contributed by atoms with E-state index in [1.165, 1.54) is 37.5 Å². The average molecular weight is 975 g/mol. The monoisotopic (exact) mass is 973 g/mol. The summed E-state index contributed by atoms with van der Waals surface area (Å²) >= 11 is 6.06. The highest BCUT2D eigenvalue weighted by Gasteiger charge is 2.29. The van der Waals surface area contributed by atoms with Crippen molar-refractivity contribution >= 4 is 57.1 Å². The molecule has 8 aromatic rings. The van der Waals surface area contributed by atoms with Crippen molar-refractivity contribution in [1.29, 1.82) is 0 Å². The Morgan fingerprint density at radius 3 is 1.35 bits per heavy atom. The Kier molecular flexibility index (Phi) is 15.9. The summed E-state index contributed by atoms with van der Waals surface area (Å²) < 4.78 is 28.3. The first-order valence-electron chi connectivity index (χ1n) is 24.1. The van der Waals surface area contributed by atoms with E-state index in [1.54, 1.807) is 34.1 Å². The van der Waals surface area contributed by atoms with Crippen LogP contribution in [0.4, 0.5) is 20.7 Å². The van der Waals surface area contributed by atoms with Crippen molar-refractivity contribution in [3.05, 3.63) is 178 Å². The van der Waals surface area contributed by atoms with Gasteiger partial charge in [0.1, 0.15) is 23.0 Å². The molecule has 0 saturated carbocycles. The van der Waals surface area contributed by atoms with E-state index in [0.717, 1.165) is 63.2 Å². The number of fused-ring (bicyclic) bond motifs is 4. The molecule has 0 spiro atoms. The summed E-state index contributed by atoms with van der Waals surface area (Å²) in [4.78, 5) is 50.0. The molecule has 71 heavy (non-hydrogen) atoms. The zero-order chi connectivity index (χ0) is 50.2. The number of nitrogens with zero attached hydrogens (tertiary/aromatic N) is 7. The van der Waals surface area contributed by atoms with Crippen molar-refractivity contribution in [2.45, 2.75) is 85.6 Å². The number of nitrogen functional groups attached to an aromatic ring is 2. The molecular formula is C57H58ClF2N9O2. The molecule has 0 bridgehead atoms. The van der Waals surface area contributed by atoms with E-state index in [1.807, 2.05) is 78.9 Å². The largest absolute Gasteiger partial charge is 0.368 e. The van der Waals surface area contributed by atoms with Crippen molar-refractivity contribution in [3.8, 4) is 22.3 Å². The molecule has 364 valence electrons. The van der Waals surface area contributed by atoms with Crippen LogP contribution in [0.3, 0.4) is 0 Å². The number of alkyl halides is 1. The number of aromatic nitrogens is 4. The molecule has 0 atom stereocenters. The lowest BCUT2D eigenvalue weighted by Gasteiger charge is -2.21. The number of hydrogen-bond donors (Lipinski definition) is 2. The van der Waals surface area contributed by atoms with Crippen LogP contribution in [-0.2, 0) is 38.6 Å². The Morgan fingerprint density at radius 1 is 0.563 bits per heavy atom. The van der Waals surface area contributed by atoms with Gasteiger partial charge in [-0.2, -0.15) is 0 Å². The number of nitrogens with two attached hydrogens (primary N) is 2. The minimum absolute atomic E-state index is 0.0347. The number of carbonyl (C=O) groups is 2. The lowest BCUT2D eigenvalue weighted by molar-refractivity contribution is 0.0741. The molecule has 2 aliphatic rings. The molecule has 0 fully saturated rings. The fourth-order valence-electron chi connectivity index (χ4n) is 9.14. The lowest BCUT2D eigenvalue weighted by Crippen LogP contribution is -2.27. The van der Waals surface area contributed by atoms with Gasteiger partial charge in [0.05, 0.1) is 11.0 Å². The molecule has 0 radical (unpaired) electrons. The van der Waals surface area contributed by atoms with Crippen LogP contribution < -0.4 is 11.5 Å². The zero-order valence-corrected chi connectivity index (χ0v) is 41.3. The van der Waals surface area contributed by atoms with E-state index in [0.29, 0.717) is 60.1 Å². The number of unbranched alkanes of at least 4 members (excludes halogenated alkanes) is 2. The topological polar surface area (TPSA) is 147 Å². The molecule has 11 nitrogen and oxygen atoms in total. The van der Waals surface area contributed by atoms with Gasteiger partial charge in [0.15, 0.2) is 0 Å². The SMILES string of the molecule is CCCCC.CCN(CC)Cc1ccc(F)cc1-c1ccc2nc(N)nc(C(=O)N3Cc4ccccc4C3)c2c1.Nc1nc(C(=O)N2Cc3ccccc3C2)c2cc(-c3cc(F)ccc3CCl)ccc2n1. The fourth-order valence-corrected chi connectivity index (χ4v) is 9.37. The Morgan fingerprint density at radius 2 is 0.972 bits per heavy atom. The number of hydrogen-bond acceptors (Lipinski definition) is 9. The second kappa shape index (κ2) is 22.6. The smallest absolute Gasteiger partial charge is 0.273 e. The van der Waals surface area contributed by atoms with E-state index < -0.39 is 0 Å². The lowest BCUT2D eigenvalue weighted by atomic mass is 9.97. The summed E-state index contributed by atoms with van der Waals surface area (Å²) in [6, 6.07) is 36.3. The van der Waals surface area contributed by atoms with Crippen LogP contribution in [-0.4, -0.2) is 59.5 Å². The Hall–Kier alpha value is -7.35. The highest BCUT2D eigenvalue weighted by molar-refractivity contribution is 6.17. The summed E-state index contributed by atoms with van der Waals surface area (Å²) in [5.74, 6) is -0.745. The van der Waals surface area contributed by atoms with Crippen LogP contribution in [0.15, 0.2) is 121 Å². The standard InChI is InChI=1S/C28H28FN5O.C24H18ClFN4O.C5H12/c1-3-33(4-2)15-21-9-11-22(29)14-23(21)18-10-12-25-24(13-18)26(32-28(30)31-25)27(35)34-16-19-7-5-6-8-20(19)17-34;25-11-15-5-7-18(26)10-19(15)14-6-8-21-20(9-14)22(29-24(27)28-21)23(31)30-12-16-3-1-2-4-17(16)13-30;1-3-5-4-2/h5-14H,3-4,15-17H2,1-2H3,(H2,30,31,32);1-10H,11-13H2,(H2,27,28,29);3-5H2,1-2H3. The van der Waals surface area contributed by atoms with E-state index >= 15 is 0 Å². The van der Waals surface area contributed by atoms with Gasteiger partial charge in [-0.25, -0.2) is 28.7 Å². The quantitative estimate of drug-likeness (QED) is 0.121. The molecule has 4 heterocycles. The molecule has 2 aliphatic heterocycles. The first-order valence-corrected chi connectivity index (χ1v) is 24.7. The Balaban J connectivity index is 0.000000175. The zero-order valence-electron chi connectivity index (χ0n) is 40.6. The molecular weight excluding hydrogens is 916 g/mol. The van der Waals surface area contributed by atoms with Crippen LogP contribution in [0.1, 0.15) is 101 Å². The molecule has 0 aliphatic carbocycles. The van der Waals surface area contributed by atoms with Gasteiger partial charge in [0.2, 0.25) is 11.9 Å².